The fraction of sp³-hybridized carbons (Fsp3) is 0.400. The van der Waals surface area contributed by atoms with Crippen LogP contribution < -0.4 is 0 Å². The Hall–Kier alpha value is -1.77. The zero-order chi connectivity index (χ0) is 12.7. The third kappa shape index (κ3) is 1.80. The van der Waals surface area contributed by atoms with E-state index in [1.165, 1.54) is 10.9 Å². The third-order valence-corrected chi connectivity index (χ3v) is 3.78. The first-order valence-electron chi connectivity index (χ1n) is 6.58. The van der Waals surface area contributed by atoms with E-state index in [0.29, 0.717) is 11.7 Å². The van der Waals surface area contributed by atoms with E-state index in [0.717, 1.165) is 24.8 Å². The van der Waals surface area contributed by atoms with Gasteiger partial charge in [-0.1, -0.05) is 19.1 Å². The smallest absolute Gasteiger partial charge is 0.270 e. The Morgan fingerprint density at radius 1 is 1.44 bits per heavy atom. The van der Waals surface area contributed by atoms with Crippen molar-refractivity contribution in [1.82, 2.24) is 9.88 Å². The molecule has 1 aromatic carbocycles. The lowest BCUT2D eigenvalue weighted by molar-refractivity contribution is 0.0780. The standard InChI is InChI=1S/C15H18N2O/c1-3-10-5-4-6-13-12(10)9-14(16-13)15(18)17(2)11-7-8-11/h4-6,9,11,16H,3,7-8H2,1-2H3. The van der Waals surface area contributed by atoms with Crippen LogP contribution in [0.1, 0.15) is 35.8 Å². The fourth-order valence-corrected chi connectivity index (χ4v) is 2.46. The number of hydrogen-bond donors (Lipinski definition) is 1. The number of rotatable bonds is 3. The molecular weight excluding hydrogens is 224 g/mol. The first-order chi connectivity index (χ1) is 8.70. The second-order valence-corrected chi connectivity index (χ2v) is 5.06. The number of fused-ring (bicyclic) bond motifs is 1. The number of carbonyl (C=O) groups excluding carboxylic acids is 1. The molecule has 1 fully saturated rings. The van der Waals surface area contributed by atoms with E-state index in [9.17, 15) is 4.79 Å². The van der Waals surface area contributed by atoms with Crippen molar-refractivity contribution in [3.63, 3.8) is 0 Å². The molecule has 3 rings (SSSR count). The van der Waals surface area contributed by atoms with Crippen LogP contribution in [0.3, 0.4) is 0 Å². The van der Waals surface area contributed by atoms with Gasteiger partial charge in [-0.15, -0.1) is 0 Å². The maximum atomic E-state index is 12.3. The summed E-state index contributed by atoms with van der Waals surface area (Å²) in [5, 5.41) is 1.17. The summed E-state index contributed by atoms with van der Waals surface area (Å²) in [6.07, 6.45) is 3.27. The number of aromatic amines is 1. The van der Waals surface area contributed by atoms with Crippen LogP contribution in [0, 0.1) is 0 Å². The molecule has 0 atom stereocenters. The number of nitrogens with zero attached hydrogens (tertiary/aromatic N) is 1. The normalized spacial score (nSPS) is 15.0. The molecule has 94 valence electrons. The average Bonchev–Trinajstić information content (AvgIpc) is 3.15. The molecule has 0 radical (unpaired) electrons. The molecule has 3 heteroatoms. The van der Waals surface area contributed by atoms with Crippen molar-refractivity contribution in [1.29, 1.82) is 0 Å². The highest BCUT2D eigenvalue weighted by atomic mass is 16.2. The molecule has 0 bridgehead atoms. The van der Waals surface area contributed by atoms with Gasteiger partial charge in [0.1, 0.15) is 5.69 Å². The van der Waals surface area contributed by atoms with Gasteiger partial charge in [-0.05, 0) is 37.0 Å². The van der Waals surface area contributed by atoms with Crippen molar-refractivity contribution in [2.45, 2.75) is 32.2 Å². The maximum absolute atomic E-state index is 12.3. The van der Waals surface area contributed by atoms with Gasteiger partial charge >= 0.3 is 0 Å². The lowest BCUT2D eigenvalue weighted by Crippen LogP contribution is -2.28. The number of H-pyrrole nitrogens is 1. The first kappa shape index (κ1) is 11.3. The molecule has 2 aromatic rings. The molecule has 1 heterocycles. The van der Waals surface area contributed by atoms with Crippen LogP contribution in [0.25, 0.3) is 10.9 Å². The first-order valence-corrected chi connectivity index (χ1v) is 6.58. The number of carbonyl (C=O) groups is 1. The summed E-state index contributed by atoms with van der Waals surface area (Å²) in [5.41, 5.74) is 3.05. The maximum Gasteiger partial charge on any atom is 0.270 e. The summed E-state index contributed by atoms with van der Waals surface area (Å²) in [6, 6.07) is 8.64. The SMILES string of the molecule is CCc1cccc2[nH]c(C(=O)N(C)C3CC3)cc12. The highest BCUT2D eigenvalue weighted by Gasteiger charge is 2.30. The molecule has 1 saturated carbocycles. The van der Waals surface area contributed by atoms with Crippen molar-refractivity contribution in [2.24, 2.45) is 0 Å². The zero-order valence-corrected chi connectivity index (χ0v) is 10.9. The van der Waals surface area contributed by atoms with Crippen LogP contribution in [0.2, 0.25) is 0 Å². The van der Waals surface area contributed by atoms with Gasteiger partial charge < -0.3 is 9.88 Å². The molecule has 1 aromatic heterocycles. The minimum absolute atomic E-state index is 0.107. The Morgan fingerprint density at radius 2 is 2.22 bits per heavy atom. The van der Waals surface area contributed by atoms with Gasteiger partial charge in [0.05, 0.1) is 0 Å². The molecule has 1 aliphatic carbocycles. The predicted molar refractivity (Wildman–Crippen MR) is 72.8 cm³/mol. The van der Waals surface area contributed by atoms with E-state index in [-0.39, 0.29) is 5.91 Å². The molecule has 3 nitrogen and oxygen atoms in total. The van der Waals surface area contributed by atoms with Crippen molar-refractivity contribution in [3.05, 3.63) is 35.5 Å². The quantitative estimate of drug-likeness (QED) is 0.882. The van der Waals surface area contributed by atoms with Crippen molar-refractivity contribution >= 4 is 16.8 Å². The van der Waals surface area contributed by atoms with Crippen LogP contribution in [0.15, 0.2) is 24.3 Å². The Labute approximate surface area is 107 Å². The second-order valence-electron chi connectivity index (χ2n) is 5.06. The summed E-state index contributed by atoms with van der Waals surface area (Å²) >= 11 is 0. The predicted octanol–water partition coefficient (Wildman–Crippen LogP) is 2.96. The molecule has 1 aliphatic rings. The number of hydrogen-bond acceptors (Lipinski definition) is 1. The lowest BCUT2D eigenvalue weighted by atomic mass is 10.1. The third-order valence-electron chi connectivity index (χ3n) is 3.78. The summed E-state index contributed by atoms with van der Waals surface area (Å²) in [6.45, 7) is 2.14. The molecular formula is C15H18N2O. The van der Waals surface area contributed by atoms with Gasteiger partial charge in [-0.3, -0.25) is 4.79 Å². The van der Waals surface area contributed by atoms with E-state index in [4.69, 9.17) is 0 Å². The second kappa shape index (κ2) is 4.16. The number of benzene rings is 1. The van der Waals surface area contributed by atoms with E-state index < -0.39 is 0 Å². The van der Waals surface area contributed by atoms with Gasteiger partial charge in [-0.25, -0.2) is 0 Å². The zero-order valence-electron chi connectivity index (χ0n) is 10.9. The van der Waals surface area contributed by atoms with Crippen molar-refractivity contribution < 1.29 is 4.79 Å². The lowest BCUT2D eigenvalue weighted by Gasteiger charge is -2.14. The minimum Gasteiger partial charge on any atom is -0.351 e. The van der Waals surface area contributed by atoms with Gasteiger partial charge in [0.2, 0.25) is 0 Å². The molecule has 1 N–H and O–H groups in total. The van der Waals surface area contributed by atoms with Gasteiger partial charge in [0, 0.05) is 24.0 Å². The monoisotopic (exact) mass is 242 g/mol. The molecule has 0 saturated heterocycles. The molecule has 1 amide bonds. The van der Waals surface area contributed by atoms with Crippen LogP contribution in [-0.2, 0) is 6.42 Å². The van der Waals surface area contributed by atoms with Crippen molar-refractivity contribution in [2.75, 3.05) is 7.05 Å². The van der Waals surface area contributed by atoms with Crippen LogP contribution >= 0.6 is 0 Å². The largest absolute Gasteiger partial charge is 0.351 e. The average molecular weight is 242 g/mol. The van der Waals surface area contributed by atoms with Crippen LogP contribution in [0.4, 0.5) is 0 Å². The molecule has 0 aliphatic heterocycles. The Balaban J connectivity index is 1.99. The highest BCUT2D eigenvalue weighted by Crippen LogP contribution is 2.28. The fourth-order valence-electron chi connectivity index (χ4n) is 2.46. The number of amides is 1. The van der Waals surface area contributed by atoms with Gasteiger partial charge in [0.15, 0.2) is 0 Å². The summed E-state index contributed by atoms with van der Waals surface area (Å²) in [7, 11) is 1.90. The number of aromatic nitrogens is 1. The molecule has 0 unspecified atom stereocenters. The Morgan fingerprint density at radius 3 is 2.89 bits per heavy atom. The number of nitrogens with one attached hydrogen (secondary N) is 1. The van der Waals surface area contributed by atoms with E-state index in [2.05, 4.69) is 18.0 Å². The van der Waals surface area contributed by atoms with Crippen molar-refractivity contribution in [3.8, 4) is 0 Å². The highest BCUT2D eigenvalue weighted by molar-refractivity contribution is 5.99. The minimum atomic E-state index is 0.107. The molecule has 18 heavy (non-hydrogen) atoms. The van der Waals surface area contributed by atoms with Gasteiger partial charge in [0.25, 0.3) is 5.91 Å². The van der Waals surface area contributed by atoms with E-state index in [1.807, 2.05) is 30.1 Å². The number of aryl methyl sites for hydroxylation is 1. The summed E-state index contributed by atoms with van der Waals surface area (Å²) < 4.78 is 0. The van der Waals surface area contributed by atoms with E-state index >= 15 is 0 Å². The van der Waals surface area contributed by atoms with Gasteiger partial charge in [-0.2, -0.15) is 0 Å². The van der Waals surface area contributed by atoms with E-state index in [1.54, 1.807) is 0 Å². The summed E-state index contributed by atoms with van der Waals surface area (Å²) in [5.74, 6) is 0.107. The topological polar surface area (TPSA) is 36.1 Å². The molecule has 0 spiro atoms. The Kier molecular flexibility index (Phi) is 2.62. The Bertz CT molecular complexity index is 596. The summed E-state index contributed by atoms with van der Waals surface area (Å²) in [4.78, 5) is 17.4. The van der Waals surface area contributed by atoms with Crippen LogP contribution in [0.5, 0.6) is 0 Å². The van der Waals surface area contributed by atoms with Crippen LogP contribution in [-0.4, -0.2) is 28.9 Å².